The molecule has 0 aliphatic carbocycles. The minimum Gasteiger partial charge on any atom is -0.364 e. The third-order valence-corrected chi connectivity index (χ3v) is 2.64. The van der Waals surface area contributed by atoms with Gasteiger partial charge in [-0.2, -0.15) is 0 Å². The molecule has 0 fully saturated rings. The smallest absolute Gasteiger partial charge is 0.124 e. The third kappa shape index (κ3) is 1.33. The number of hydrogen-bond donors (Lipinski definition) is 0. The molecule has 1 heterocycles. The summed E-state index contributed by atoms with van der Waals surface area (Å²) in [4.78, 5) is 0. The first-order chi connectivity index (χ1) is 6.70. The first-order valence-corrected chi connectivity index (χ1v) is 4.67. The van der Waals surface area contributed by atoms with Gasteiger partial charge < -0.3 is 4.52 Å². The highest BCUT2D eigenvalue weighted by Crippen LogP contribution is 2.27. The summed E-state index contributed by atoms with van der Waals surface area (Å²) in [7, 11) is 0. The first-order valence-electron chi connectivity index (χ1n) is 4.67. The van der Waals surface area contributed by atoms with Crippen LogP contribution in [0.1, 0.15) is 16.7 Å². The molecule has 0 radical (unpaired) electrons. The second kappa shape index (κ2) is 3.29. The Hall–Kier alpha value is -1.57. The van der Waals surface area contributed by atoms with Crippen molar-refractivity contribution in [1.29, 1.82) is 0 Å². The van der Waals surface area contributed by atoms with Crippen LogP contribution in [0.5, 0.6) is 0 Å². The average Bonchev–Trinajstić information content (AvgIpc) is 2.65. The lowest BCUT2D eigenvalue weighted by molar-refractivity contribution is 0.422. The SMILES string of the molecule is Cc1ccc(C)c(-c2ccon2)c1C. The van der Waals surface area contributed by atoms with E-state index in [1.807, 2.05) is 6.07 Å². The van der Waals surface area contributed by atoms with E-state index in [9.17, 15) is 0 Å². The minimum absolute atomic E-state index is 0.920. The van der Waals surface area contributed by atoms with Crippen LogP contribution in [0.2, 0.25) is 0 Å². The van der Waals surface area contributed by atoms with Crippen molar-refractivity contribution in [3.63, 3.8) is 0 Å². The molecule has 0 bridgehead atoms. The van der Waals surface area contributed by atoms with E-state index < -0.39 is 0 Å². The van der Waals surface area contributed by atoms with E-state index in [2.05, 4.69) is 38.1 Å². The fourth-order valence-corrected chi connectivity index (χ4v) is 1.69. The second-order valence-electron chi connectivity index (χ2n) is 3.58. The Kier molecular flexibility index (Phi) is 2.12. The van der Waals surface area contributed by atoms with Crippen LogP contribution in [0.15, 0.2) is 29.0 Å². The molecule has 1 aromatic heterocycles. The Morgan fingerprint density at radius 2 is 1.71 bits per heavy atom. The fourth-order valence-electron chi connectivity index (χ4n) is 1.69. The van der Waals surface area contributed by atoms with Crippen LogP contribution in [-0.2, 0) is 0 Å². The van der Waals surface area contributed by atoms with Crippen molar-refractivity contribution in [2.24, 2.45) is 0 Å². The zero-order chi connectivity index (χ0) is 10.1. The van der Waals surface area contributed by atoms with Gasteiger partial charge in [-0.15, -0.1) is 0 Å². The first kappa shape index (κ1) is 9.00. The minimum atomic E-state index is 0.920. The molecule has 14 heavy (non-hydrogen) atoms. The second-order valence-corrected chi connectivity index (χ2v) is 3.58. The standard InChI is InChI=1S/C12H13NO/c1-8-4-5-9(2)12(10(8)3)11-6-7-14-13-11/h4-7H,1-3H3. The molecule has 0 unspecified atom stereocenters. The maximum atomic E-state index is 4.87. The molecule has 2 aromatic rings. The van der Waals surface area contributed by atoms with Gasteiger partial charge in [0.25, 0.3) is 0 Å². The van der Waals surface area contributed by atoms with Gasteiger partial charge in [0, 0.05) is 11.6 Å². The van der Waals surface area contributed by atoms with Crippen molar-refractivity contribution >= 4 is 0 Å². The Labute approximate surface area is 83.5 Å². The van der Waals surface area contributed by atoms with E-state index in [-0.39, 0.29) is 0 Å². The molecule has 0 saturated heterocycles. The zero-order valence-electron chi connectivity index (χ0n) is 8.66. The van der Waals surface area contributed by atoms with Gasteiger partial charge in [0.2, 0.25) is 0 Å². The average molecular weight is 187 g/mol. The number of benzene rings is 1. The number of aromatic nitrogens is 1. The van der Waals surface area contributed by atoms with Gasteiger partial charge in [-0.05, 0) is 37.5 Å². The lowest BCUT2D eigenvalue weighted by atomic mass is 9.96. The highest BCUT2D eigenvalue weighted by molar-refractivity contribution is 5.68. The lowest BCUT2D eigenvalue weighted by Gasteiger charge is -2.08. The quantitative estimate of drug-likeness (QED) is 0.684. The van der Waals surface area contributed by atoms with E-state index in [4.69, 9.17) is 4.52 Å². The van der Waals surface area contributed by atoms with Gasteiger partial charge in [0.05, 0.1) is 0 Å². The van der Waals surface area contributed by atoms with E-state index in [1.165, 1.54) is 22.3 Å². The molecule has 0 amide bonds. The summed E-state index contributed by atoms with van der Waals surface area (Å²) in [5.41, 5.74) is 5.91. The van der Waals surface area contributed by atoms with Crippen molar-refractivity contribution in [3.8, 4) is 11.3 Å². The molecule has 2 heteroatoms. The highest BCUT2D eigenvalue weighted by Gasteiger charge is 2.09. The molecule has 72 valence electrons. The predicted octanol–water partition coefficient (Wildman–Crippen LogP) is 3.27. The molecule has 0 aliphatic heterocycles. The Morgan fingerprint density at radius 1 is 1.00 bits per heavy atom. The van der Waals surface area contributed by atoms with Crippen molar-refractivity contribution in [1.82, 2.24) is 5.16 Å². The molecular weight excluding hydrogens is 174 g/mol. The predicted molar refractivity (Wildman–Crippen MR) is 56.2 cm³/mol. The summed E-state index contributed by atoms with van der Waals surface area (Å²) >= 11 is 0. The number of aryl methyl sites for hydroxylation is 2. The molecule has 0 N–H and O–H groups in total. The Bertz CT molecular complexity index is 444. The largest absolute Gasteiger partial charge is 0.364 e. The third-order valence-electron chi connectivity index (χ3n) is 2.64. The summed E-state index contributed by atoms with van der Waals surface area (Å²) in [6, 6.07) is 6.15. The topological polar surface area (TPSA) is 26.0 Å². The van der Waals surface area contributed by atoms with Crippen LogP contribution in [-0.4, -0.2) is 5.16 Å². The van der Waals surface area contributed by atoms with Crippen LogP contribution in [0, 0.1) is 20.8 Å². The molecular formula is C12H13NO. The molecule has 0 saturated carbocycles. The van der Waals surface area contributed by atoms with Gasteiger partial charge in [0.15, 0.2) is 0 Å². The van der Waals surface area contributed by atoms with Gasteiger partial charge in [-0.25, -0.2) is 0 Å². The highest BCUT2D eigenvalue weighted by atomic mass is 16.5. The van der Waals surface area contributed by atoms with Crippen molar-refractivity contribution in [2.75, 3.05) is 0 Å². The van der Waals surface area contributed by atoms with Gasteiger partial charge in [0.1, 0.15) is 12.0 Å². The lowest BCUT2D eigenvalue weighted by Crippen LogP contribution is -1.91. The summed E-state index contributed by atoms with van der Waals surface area (Å²) in [5, 5.41) is 3.97. The van der Waals surface area contributed by atoms with Crippen molar-refractivity contribution in [3.05, 3.63) is 41.2 Å². The summed E-state index contributed by atoms with van der Waals surface area (Å²) in [5.74, 6) is 0. The Morgan fingerprint density at radius 3 is 2.36 bits per heavy atom. The molecule has 2 nitrogen and oxygen atoms in total. The van der Waals surface area contributed by atoms with Crippen LogP contribution in [0.3, 0.4) is 0 Å². The van der Waals surface area contributed by atoms with Gasteiger partial charge in [-0.1, -0.05) is 17.3 Å². The van der Waals surface area contributed by atoms with E-state index in [0.717, 1.165) is 5.69 Å². The van der Waals surface area contributed by atoms with Crippen LogP contribution < -0.4 is 0 Å². The number of hydrogen-bond acceptors (Lipinski definition) is 2. The number of nitrogens with zero attached hydrogens (tertiary/aromatic N) is 1. The molecule has 2 rings (SSSR count). The zero-order valence-corrected chi connectivity index (χ0v) is 8.66. The number of rotatable bonds is 1. The van der Waals surface area contributed by atoms with Gasteiger partial charge >= 0.3 is 0 Å². The van der Waals surface area contributed by atoms with Crippen molar-refractivity contribution < 1.29 is 4.52 Å². The molecule has 0 atom stereocenters. The fraction of sp³-hybridized carbons (Fsp3) is 0.250. The summed E-state index contributed by atoms with van der Waals surface area (Å²) < 4.78 is 4.87. The van der Waals surface area contributed by atoms with Crippen LogP contribution >= 0.6 is 0 Å². The van der Waals surface area contributed by atoms with Crippen molar-refractivity contribution in [2.45, 2.75) is 20.8 Å². The van der Waals surface area contributed by atoms with E-state index >= 15 is 0 Å². The van der Waals surface area contributed by atoms with Gasteiger partial charge in [-0.3, -0.25) is 0 Å². The maximum absolute atomic E-state index is 4.87. The Balaban J connectivity index is 2.69. The van der Waals surface area contributed by atoms with E-state index in [1.54, 1.807) is 6.26 Å². The monoisotopic (exact) mass is 187 g/mol. The van der Waals surface area contributed by atoms with Crippen LogP contribution in [0.25, 0.3) is 11.3 Å². The summed E-state index contributed by atoms with van der Waals surface area (Å²) in [6.45, 7) is 6.32. The summed E-state index contributed by atoms with van der Waals surface area (Å²) in [6.07, 6.45) is 1.61. The normalized spacial score (nSPS) is 10.5. The maximum Gasteiger partial charge on any atom is 0.124 e. The van der Waals surface area contributed by atoms with E-state index in [0.29, 0.717) is 0 Å². The molecule has 0 aliphatic rings. The van der Waals surface area contributed by atoms with Crippen LogP contribution in [0.4, 0.5) is 0 Å². The molecule has 0 spiro atoms. The molecule has 1 aromatic carbocycles.